The van der Waals surface area contributed by atoms with Gasteiger partial charge in [-0.3, -0.25) is 14.8 Å². The Kier molecular flexibility index (Phi) is 5.34. The van der Waals surface area contributed by atoms with Crippen molar-refractivity contribution in [2.24, 2.45) is 0 Å². The number of hydrogen-bond acceptors (Lipinski definition) is 6. The van der Waals surface area contributed by atoms with Crippen LogP contribution in [0.25, 0.3) is 22.5 Å². The van der Waals surface area contributed by atoms with E-state index in [2.05, 4.69) is 33.0 Å². The number of carbonyl (C=O) groups excluding carboxylic acids is 2. The number of H-pyrrole nitrogens is 1. The van der Waals surface area contributed by atoms with Gasteiger partial charge in [0, 0.05) is 40.7 Å². The van der Waals surface area contributed by atoms with Gasteiger partial charge in [0.15, 0.2) is 5.06 Å². The number of nitrogens with zero attached hydrogens (tertiary/aromatic N) is 2. The first-order chi connectivity index (χ1) is 15.5. The van der Waals surface area contributed by atoms with Crippen molar-refractivity contribution in [3.8, 4) is 27.6 Å². The van der Waals surface area contributed by atoms with Gasteiger partial charge in [0.2, 0.25) is 5.91 Å². The standard InChI is InChI=1S/C23H24N4O4S/c1-13(28)24-10-17-11-27(23(29)31-17)16-6-7-18-14(8-16)4-3-5-19-21(25-26-22(18)19)15-9-20(30-2)32-12-15/h6-9,12,17H,3-5,10-11H2,1-2H3,(H,24,28)(H,25,26)/t17-/m0/s1. The van der Waals surface area contributed by atoms with E-state index in [9.17, 15) is 9.59 Å². The third-order valence-electron chi connectivity index (χ3n) is 5.91. The van der Waals surface area contributed by atoms with Crippen LogP contribution in [-0.4, -0.2) is 48.5 Å². The molecule has 166 valence electrons. The van der Waals surface area contributed by atoms with Crippen LogP contribution in [0.2, 0.25) is 0 Å². The molecule has 2 amide bonds. The van der Waals surface area contributed by atoms with Gasteiger partial charge >= 0.3 is 6.09 Å². The molecule has 1 aliphatic heterocycles. The zero-order chi connectivity index (χ0) is 22.2. The van der Waals surface area contributed by atoms with Crippen LogP contribution >= 0.6 is 11.3 Å². The van der Waals surface area contributed by atoms with E-state index in [4.69, 9.17) is 9.47 Å². The SMILES string of the molecule is COc1cc(-c2n[nH]c3c2CCCc2cc(N4C[C@H](CNC(C)=O)OC4=O)ccc2-3)cs1. The maximum atomic E-state index is 12.4. The Bertz CT molecular complexity index is 1180. The second kappa shape index (κ2) is 8.31. The summed E-state index contributed by atoms with van der Waals surface area (Å²) in [5.41, 5.74) is 7.39. The van der Waals surface area contributed by atoms with Crippen molar-refractivity contribution in [1.29, 1.82) is 0 Å². The summed E-state index contributed by atoms with van der Waals surface area (Å²) in [6.07, 6.45) is 2.09. The van der Waals surface area contributed by atoms with Crippen LogP contribution in [0.5, 0.6) is 5.06 Å². The second-order valence-corrected chi connectivity index (χ2v) is 8.91. The number of carbonyl (C=O) groups is 2. The summed E-state index contributed by atoms with van der Waals surface area (Å²) < 4.78 is 10.8. The first-order valence-electron chi connectivity index (χ1n) is 10.6. The van der Waals surface area contributed by atoms with Crippen molar-refractivity contribution in [2.45, 2.75) is 32.3 Å². The molecule has 1 aliphatic carbocycles. The van der Waals surface area contributed by atoms with Crippen molar-refractivity contribution in [3.63, 3.8) is 0 Å². The van der Waals surface area contributed by atoms with E-state index in [1.54, 1.807) is 23.3 Å². The molecule has 2 aliphatic rings. The zero-order valence-corrected chi connectivity index (χ0v) is 18.8. The fourth-order valence-electron chi connectivity index (χ4n) is 4.37. The van der Waals surface area contributed by atoms with Crippen molar-refractivity contribution in [1.82, 2.24) is 15.5 Å². The van der Waals surface area contributed by atoms with Gasteiger partial charge in [-0.1, -0.05) is 6.07 Å². The normalized spacial score (nSPS) is 17.4. The molecule has 1 fully saturated rings. The van der Waals surface area contributed by atoms with Crippen molar-refractivity contribution >= 4 is 29.0 Å². The summed E-state index contributed by atoms with van der Waals surface area (Å²) >= 11 is 1.56. The number of cyclic esters (lactones) is 1. The number of ether oxygens (including phenoxy) is 2. The lowest BCUT2D eigenvalue weighted by Crippen LogP contribution is -2.33. The lowest BCUT2D eigenvalue weighted by Gasteiger charge is -2.16. The summed E-state index contributed by atoms with van der Waals surface area (Å²) in [4.78, 5) is 25.2. The van der Waals surface area contributed by atoms with Gasteiger partial charge in [0.05, 0.1) is 31.6 Å². The van der Waals surface area contributed by atoms with Gasteiger partial charge in [-0.05, 0) is 37.0 Å². The highest BCUT2D eigenvalue weighted by Gasteiger charge is 2.33. The number of amides is 2. The van der Waals surface area contributed by atoms with E-state index >= 15 is 0 Å². The molecule has 3 heterocycles. The Labute approximate surface area is 189 Å². The summed E-state index contributed by atoms with van der Waals surface area (Å²) in [5, 5.41) is 13.5. The van der Waals surface area contributed by atoms with Crippen LogP contribution < -0.4 is 15.0 Å². The number of methoxy groups -OCH3 is 1. The number of aromatic nitrogens is 2. The monoisotopic (exact) mass is 452 g/mol. The predicted octanol–water partition coefficient (Wildman–Crippen LogP) is 3.76. The quantitative estimate of drug-likeness (QED) is 0.614. The van der Waals surface area contributed by atoms with Gasteiger partial charge < -0.3 is 14.8 Å². The number of fused-ring (bicyclic) bond motifs is 3. The molecule has 0 unspecified atom stereocenters. The number of hydrogen-bond donors (Lipinski definition) is 2. The lowest BCUT2D eigenvalue weighted by atomic mass is 10.00. The number of rotatable bonds is 5. The third kappa shape index (κ3) is 3.73. The summed E-state index contributed by atoms with van der Waals surface area (Å²) in [7, 11) is 1.67. The fraction of sp³-hybridized carbons (Fsp3) is 0.348. The Morgan fingerprint density at radius 3 is 3.03 bits per heavy atom. The molecule has 0 bridgehead atoms. The maximum absolute atomic E-state index is 12.4. The Morgan fingerprint density at radius 2 is 2.25 bits per heavy atom. The third-order valence-corrected chi connectivity index (χ3v) is 6.80. The molecule has 0 spiro atoms. The minimum atomic E-state index is -0.384. The minimum absolute atomic E-state index is 0.139. The van der Waals surface area contributed by atoms with E-state index in [0.29, 0.717) is 13.1 Å². The molecule has 9 heteroatoms. The zero-order valence-electron chi connectivity index (χ0n) is 17.9. The topological polar surface area (TPSA) is 96.6 Å². The Hall–Kier alpha value is -3.33. The number of nitrogens with one attached hydrogen (secondary N) is 2. The summed E-state index contributed by atoms with van der Waals surface area (Å²) in [6, 6.07) is 8.09. The predicted molar refractivity (Wildman–Crippen MR) is 122 cm³/mol. The smallest absolute Gasteiger partial charge is 0.414 e. The highest BCUT2D eigenvalue weighted by atomic mass is 32.1. The van der Waals surface area contributed by atoms with E-state index < -0.39 is 0 Å². The molecule has 5 rings (SSSR count). The number of aromatic amines is 1. The summed E-state index contributed by atoms with van der Waals surface area (Å²) in [6.45, 7) is 2.18. The Morgan fingerprint density at radius 1 is 1.38 bits per heavy atom. The fourth-order valence-corrected chi connectivity index (χ4v) is 5.08. The van der Waals surface area contributed by atoms with E-state index in [-0.39, 0.29) is 18.1 Å². The molecular formula is C23H24N4O4S. The van der Waals surface area contributed by atoms with Crippen LogP contribution in [0.3, 0.4) is 0 Å². The largest absolute Gasteiger partial charge is 0.487 e. The van der Waals surface area contributed by atoms with Crippen molar-refractivity contribution in [3.05, 3.63) is 40.8 Å². The lowest BCUT2D eigenvalue weighted by molar-refractivity contribution is -0.119. The van der Waals surface area contributed by atoms with E-state index in [0.717, 1.165) is 52.5 Å². The van der Waals surface area contributed by atoms with Crippen LogP contribution in [0.1, 0.15) is 24.5 Å². The van der Waals surface area contributed by atoms with Gasteiger partial charge in [-0.15, -0.1) is 11.3 Å². The molecule has 1 atom stereocenters. The van der Waals surface area contributed by atoms with Crippen LogP contribution in [0.4, 0.5) is 10.5 Å². The van der Waals surface area contributed by atoms with E-state index in [1.807, 2.05) is 12.1 Å². The van der Waals surface area contributed by atoms with Gasteiger partial charge in [-0.25, -0.2) is 4.79 Å². The number of aryl methyl sites for hydroxylation is 1. The summed E-state index contributed by atoms with van der Waals surface area (Å²) in [5.74, 6) is -0.139. The molecule has 0 saturated carbocycles. The first-order valence-corrected chi connectivity index (χ1v) is 11.5. The van der Waals surface area contributed by atoms with Crippen molar-refractivity contribution in [2.75, 3.05) is 25.1 Å². The van der Waals surface area contributed by atoms with E-state index in [1.165, 1.54) is 18.1 Å². The van der Waals surface area contributed by atoms with Crippen LogP contribution in [0.15, 0.2) is 29.6 Å². The van der Waals surface area contributed by atoms with Gasteiger partial charge in [0.25, 0.3) is 0 Å². The maximum Gasteiger partial charge on any atom is 0.414 e. The van der Waals surface area contributed by atoms with Gasteiger partial charge in [0.1, 0.15) is 6.10 Å². The molecule has 0 radical (unpaired) electrons. The number of anilines is 1. The van der Waals surface area contributed by atoms with Crippen LogP contribution in [0, 0.1) is 0 Å². The molecule has 1 aromatic carbocycles. The molecular weight excluding hydrogens is 428 g/mol. The molecule has 1 saturated heterocycles. The highest BCUT2D eigenvalue weighted by molar-refractivity contribution is 7.12. The van der Waals surface area contributed by atoms with Crippen molar-refractivity contribution < 1.29 is 19.1 Å². The first kappa shape index (κ1) is 20.6. The Balaban J connectivity index is 1.42. The van der Waals surface area contributed by atoms with Crippen LogP contribution in [-0.2, 0) is 22.4 Å². The number of thiophene rings is 1. The molecule has 2 aromatic heterocycles. The molecule has 2 N–H and O–H groups in total. The molecule has 8 nitrogen and oxygen atoms in total. The molecule has 3 aromatic rings. The highest BCUT2D eigenvalue weighted by Crippen LogP contribution is 2.40. The molecule has 32 heavy (non-hydrogen) atoms. The average Bonchev–Trinajstić information content (AvgIpc) is 3.48. The second-order valence-electron chi connectivity index (χ2n) is 8.03. The average molecular weight is 453 g/mol. The van der Waals surface area contributed by atoms with Gasteiger partial charge in [-0.2, -0.15) is 5.10 Å². The minimum Gasteiger partial charge on any atom is -0.487 e. The number of benzene rings is 1.